The Morgan fingerprint density at radius 2 is 1.82 bits per heavy atom. The van der Waals surface area contributed by atoms with Crippen molar-refractivity contribution in [3.8, 4) is 22.5 Å². The molecule has 44 heavy (non-hydrogen) atoms. The molecule has 4 aromatic rings. The van der Waals surface area contributed by atoms with Crippen LogP contribution in [0.3, 0.4) is 0 Å². The van der Waals surface area contributed by atoms with Gasteiger partial charge < -0.3 is 10.1 Å². The number of fused-ring (bicyclic) bond motifs is 1. The number of nitrogens with zero attached hydrogens (tertiary/aromatic N) is 4. The molecule has 4 rings (SSSR count). The van der Waals surface area contributed by atoms with Gasteiger partial charge in [-0.1, -0.05) is 54.6 Å². The largest absolute Gasteiger partial charge is 0.443 e. The second kappa shape index (κ2) is 13.9. The maximum Gasteiger partial charge on any atom is 0.421 e. The van der Waals surface area contributed by atoms with Gasteiger partial charge in [0.05, 0.1) is 28.6 Å². The summed E-state index contributed by atoms with van der Waals surface area (Å²) < 4.78 is 31.8. The Labute approximate surface area is 257 Å². The number of pyridine rings is 1. The van der Waals surface area contributed by atoms with Crippen molar-refractivity contribution < 1.29 is 17.9 Å². The van der Waals surface area contributed by atoms with E-state index in [1.165, 1.54) is 12.3 Å². The molecule has 11 heteroatoms. The SMILES string of the molecule is C=N/C(=C\C=C/C)CNc1nc(-c2cncc(/C=C/S(=O)(=O)NC(=O)OC(C)(C)C)c2)nc2cccc(-c3ccccc3)c12. The molecule has 0 spiro atoms. The molecule has 0 bridgehead atoms. The summed E-state index contributed by atoms with van der Waals surface area (Å²) in [5.74, 6) is 0.970. The summed E-state index contributed by atoms with van der Waals surface area (Å²) in [6.07, 6.45) is 9.01. The number of amides is 1. The molecule has 0 unspecified atom stereocenters. The Bertz CT molecular complexity index is 1860. The third-order valence-electron chi connectivity index (χ3n) is 6.01. The molecule has 0 radical (unpaired) electrons. The van der Waals surface area contributed by atoms with Crippen LogP contribution in [-0.2, 0) is 14.8 Å². The number of nitrogens with one attached hydrogen (secondary N) is 2. The monoisotopic (exact) mass is 610 g/mol. The first-order chi connectivity index (χ1) is 21.0. The predicted molar refractivity (Wildman–Crippen MR) is 176 cm³/mol. The van der Waals surface area contributed by atoms with Crippen LogP contribution in [0.5, 0.6) is 0 Å². The lowest BCUT2D eigenvalue weighted by atomic mass is 10.0. The number of benzene rings is 2. The maximum absolute atomic E-state index is 12.4. The molecule has 2 aromatic carbocycles. The minimum absolute atomic E-state index is 0.367. The first-order valence-electron chi connectivity index (χ1n) is 13.8. The van der Waals surface area contributed by atoms with Gasteiger partial charge >= 0.3 is 6.09 Å². The van der Waals surface area contributed by atoms with Crippen LogP contribution in [-0.4, -0.2) is 48.3 Å². The fraction of sp³-hybridized carbons (Fsp3) is 0.182. The van der Waals surface area contributed by atoms with Crippen molar-refractivity contribution in [3.63, 3.8) is 0 Å². The van der Waals surface area contributed by atoms with E-state index in [1.807, 2.05) is 78.4 Å². The van der Waals surface area contributed by atoms with Gasteiger partial charge in [0.15, 0.2) is 5.82 Å². The number of ether oxygens (including phenoxy) is 1. The Morgan fingerprint density at radius 3 is 2.52 bits per heavy atom. The van der Waals surface area contributed by atoms with Crippen LogP contribution in [0.25, 0.3) is 39.5 Å². The van der Waals surface area contributed by atoms with E-state index >= 15 is 0 Å². The van der Waals surface area contributed by atoms with E-state index in [0.29, 0.717) is 34.8 Å². The zero-order chi connectivity index (χ0) is 31.7. The summed E-state index contributed by atoms with van der Waals surface area (Å²) in [7, 11) is -4.12. The van der Waals surface area contributed by atoms with Crippen LogP contribution in [0.1, 0.15) is 33.3 Å². The molecular weight excluding hydrogens is 576 g/mol. The van der Waals surface area contributed by atoms with Crippen LogP contribution in [0, 0.1) is 0 Å². The molecule has 0 fully saturated rings. The topological polar surface area (TPSA) is 136 Å². The van der Waals surface area contributed by atoms with Crippen molar-refractivity contribution >= 4 is 45.6 Å². The quantitative estimate of drug-likeness (QED) is 0.149. The number of anilines is 1. The van der Waals surface area contributed by atoms with Gasteiger partial charge in [-0.05, 0) is 75.4 Å². The molecular formula is C33H34N6O4S. The first-order valence-corrected chi connectivity index (χ1v) is 15.3. The van der Waals surface area contributed by atoms with Crippen LogP contribution in [0.2, 0.25) is 0 Å². The molecule has 0 saturated carbocycles. The van der Waals surface area contributed by atoms with Crippen molar-refractivity contribution in [2.75, 3.05) is 11.9 Å². The van der Waals surface area contributed by atoms with E-state index in [-0.39, 0.29) is 0 Å². The molecule has 0 aliphatic carbocycles. The highest BCUT2D eigenvalue weighted by molar-refractivity contribution is 7.93. The van der Waals surface area contributed by atoms with Gasteiger partial charge in [-0.15, -0.1) is 0 Å². The van der Waals surface area contributed by atoms with Crippen LogP contribution in [0.15, 0.2) is 101 Å². The Morgan fingerprint density at radius 1 is 1.05 bits per heavy atom. The van der Waals surface area contributed by atoms with E-state index < -0.39 is 21.7 Å². The van der Waals surface area contributed by atoms with Gasteiger partial charge in [0, 0.05) is 18.0 Å². The summed E-state index contributed by atoms with van der Waals surface area (Å²) in [4.78, 5) is 30.1. The number of sulfonamides is 1. The van der Waals surface area contributed by atoms with Crippen molar-refractivity contribution in [3.05, 3.63) is 102 Å². The molecule has 2 N–H and O–H groups in total. The van der Waals surface area contributed by atoms with E-state index in [1.54, 1.807) is 33.0 Å². The van der Waals surface area contributed by atoms with Crippen LogP contribution < -0.4 is 10.0 Å². The number of aromatic nitrogens is 3. The summed E-state index contributed by atoms with van der Waals surface area (Å²) in [5, 5.41) is 5.12. The fourth-order valence-corrected chi connectivity index (χ4v) is 4.81. The van der Waals surface area contributed by atoms with E-state index in [4.69, 9.17) is 14.7 Å². The average molecular weight is 611 g/mol. The lowest BCUT2D eigenvalue weighted by Gasteiger charge is -2.19. The second-order valence-electron chi connectivity index (χ2n) is 10.6. The normalized spacial score (nSPS) is 12.5. The van der Waals surface area contributed by atoms with Crippen molar-refractivity contribution in [1.29, 1.82) is 0 Å². The van der Waals surface area contributed by atoms with E-state index in [0.717, 1.165) is 27.6 Å². The molecule has 226 valence electrons. The highest BCUT2D eigenvalue weighted by atomic mass is 32.2. The van der Waals surface area contributed by atoms with Crippen LogP contribution >= 0.6 is 0 Å². The van der Waals surface area contributed by atoms with Crippen molar-refractivity contribution in [2.24, 2.45) is 4.99 Å². The zero-order valence-electron chi connectivity index (χ0n) is 25.0. The molecule has 2 heterocycles. The number of hydrogen-bond acceptors (Lipinski definition) is 9. The predicted octanol–water partition coefficient (Wildman–Crippen LogP) is 6.76. The standard InChI is InChI=1S/C33H34N6O4S/c1-6-7-14-26(34-5)22-36-31-29-27(24-12-9-8-10-13-24)15-11-16-28(29)37-30(38-31)25-19-23(20-35-21-25)17-18-44(41,42)39-32(40)43-33(2,3)4/h6-21H,5,22H2,1-4H3,(H,39,40)(H,36,37,38)/b7-6-,18-17+,26-14-. The Kier molecular flexibility index (Phi) is 10.0. The lowest BCUT2D eigenvalue weighted by molar-refractivity contribution is 0.0571. The zero-order valence-corrected chi connectivity index (χ0v) is 25.8. The third kappa shape index (κ3) is 8.68. The lowest BCUT2D eigenvalue weighted by Crippen LogP contribution is -2.35. The highest BCUT2D eigenvalue weighted by Crippen LogP contribution is 2.34. The molecule has 2 aromatic heterocycles. The van der Waals surface area contributed by atoms with E-state index in [9.17, 15) is 13.2 Å². The molecule has 0 saturated heterocycles. The summed E-state index contributed by atoms with van der Waals surface area (Å²) in [6, 6.07) is 17.5. The summed E-state index contributed by atoms with van der Waals surface area (Å²) in [6.45, 7) is 10.9. The first kappa shape index (κ1) is 31.8. The van der Waals surface area contributed by atoms with Gasteiger partial charge in [0.25, 0.3) is 10.0 Å². The van der Waals surface area contributed by atoms with Crippen LogP contribution in [0.4, 0.5) is 10.6 Å². The fourth-order valence-electron chi connectivity index (χ4n) is 4.14. The van der Waals surface area contributed by atoms with Gasteiger partial charge in [0.2, 0.25) is 0 Å². The molecule has 10 nitrogen and oxygen atoms in total. The smallest absolute Gasteiger partial charge is 0.421 e. The third-order valence-corrected chi connectivity index (χ3v) is 6.96. The molecule has 1 amide bonds. The van der Waals surface area contributed by atoms with Crippen molar-refractivity contribution in [1.82, 2.24) is 19.7 Å². The molecule has 0 aliphatic rings. The summed E-state index contributed by atoms with van der Waals surface area (Å²) in [5.41, 5.74) is 3.58. The minimum Gasteiger partial charge on any atom is -0.443 e. The molecule has 0 atom stereocenters. The minimum atomic E-state index is -4.12. The van der Waals surface area contributed by atoms with Gasteiger partial charge in [-0.3, -0.25) is 9.98 Å². The summed E-state index contributed by atoms with van der Waals surface area (Å²) >= 11 is 0. The second-order valence-corrected chi connectivity index (χ2v) is 12.2. The number of allylic oxidation sites excluding steroid dienone is 3. The highest BCUT2D eigenvalue weighted by Gasteiger charge is 2.20. The van der Waals surface area contributed by atoms with Crippen molar-refractivity contribution in [2.45, 2.75) is 33.3 Å². The maximum atomic E-state index is 12.4. The number of rotatable bonds is 10. The number of carbonyl (C=O) groups excluding carboxylic acids is 1. The number of hydrogen-bond donors (Lipinski definition) is 2. The van der Waals surface area contributed by atoms with E-state index in [2.05, 4.69) is 22.0 Å². The number of carbonyl (C=O) groups is 1. The van der Waals surface area contributed by atoms with Gasteiger partial charge in [-0.2, -0.15) is 0 Å². The van der Waals surface area contributed by atoms with Gasteiger partial charge in [0.1, 0.15) is 11.4 Å². The Balaban J connectivity index is 1.73. The van der Waals surface area contributed by atoms with Gasteiger partial charge in [-0.25, -0.2) is 27.9 Å². The molecule has 0 aliphatic heterocycles. The number of aliphatic imine (C=N–C) groups is 1. The average Bonchev–Trinajstić information content (AvgIpc) is 2.99. The Hall–Kier alpha value is -5.16.